The molecule has 2 atom stereocenters. The summed E-state index contributed by atoms with van der Waals surface area (Å²) in [5.74, 6) is 0.465. The molecule has 2 unspecified atom stereocenters. The Labute approximate surface area is 513 Å². The van der Waals surface area contributed by atoms with E-state index in [1.165, 1.54) is 144 Å². The molecule has 2 heterocycles. The topological polar surface area (TPSA) is 9.86 Å². The van der Waals surface area contributed by atoms with E-state index in [1.54, 1.807) is 0 Å². The number of allylic oxidation sites excluding steroid dienone is 4. The highest BCUT2D eigenvalue weighted by Gasteiger charge is 2.48. The summed E-state index contributed by atoms with van der Waals surface area (Å²) < 4.78 is 4.84. The molecule has 0 bridgehead atoms. The molecule has 0 fully saturated rings. The van der Waals surface area contributed by atoms with Gasteiger partial charge in [-0.15, -0.1) is 0 Å². The van der Waals surface area contributed by atoms with Gasteiger partial charge in [-0.25, -0.2) is 0 Å². The van der Waals surface area contributed by atoms with E-state index in [-0.39, 0.29) is 0 Å². The molecular formula is C86H60N2. The normalized spacial score (nSPS) is 15.4. The van der Waals surface area contributed by atoms with Crippen molar-refractivity contribution in [1.29, 1.82) is 0 Å². The Bertz CT molecular complexity index is 5270. The summed E-state index contributed by atoms with van der Waals surface area (Å²) in [4.78, 5) is 0. The fourth-order valence-electron chi connectivity index (χ4n) is 14.8. The van der Waals surface area contributed by atoms with E-state index in [4.69, 9.17) is 0 Å². The van der Waals surface area contributed by atoms with Crippen LogP contribution in [0.4, 0.5) is 0 Å². The number of rotatable bonds is 10. The van der Waals surface area contributed by atoms with Gasteiger partial charge in [0, 0.05) is 32.9 Å². The Morgan fingerprint density at radius 1 is 0.295 bits per heavy atom. The molecule has 0 N–H and O–H groups in total. The van der Waals surface area contributed by atoms with Gasteiger partial charge >= 0.3 is 0 Å². The van der Waals surface area contributed by atoms with Crippen molar-refractivity contribution in [2.75, 3.05) is 0 Å². The van der Waals surface area contributed by atoms with Crippen LogP contribution in [-0.2, 0) is 5.41 Å². The minimum Gasteiger partial charge on any atom is -0.309 e. The summed E-state index contributed by atoms with van der Waals surface area (Å²) in [5, 5.41) is 4.96. The van der Waals surface area contributed by atoms with Crippen LogP contribution in [0.25, 0.3) is 127 Å². The maximum atomic E-state index is 2.46. The molecule has 17 rings (SSSR count). The van der Waals surface area contributed by atoms with E-state index in [0.29, 0.717) is 5.92 Å². The SMILES string of the molecule is CC1C=CC2=C(C1)c1ccccc1C2(c1cccc(-c2ccc(-c3ccccc3)cc2)c1)c1cccc(-c2ccc(-c3ccc(-n4c5ccccc5c5cc(-c6ccc7c(c6)c6ccccc6n7-c6cccc(-c7ccccc7)c6)ccc54)cc3)cc2)c1. The molecule has 2 heteroatoms. The first-order valence-corrected chi connectivity index (χ1v) is 30.8. The Balaban J connectivity index is 0.687. The summed E-state index contributed by atoms with van der Waals surface area (Å²) in [7, 11) is 0. The number of hydrogen-bond donors (Lipinski definition) is 0. The Hall–Kier alpha value is -11.1. The maximum absolute atomic E-state index is 2.46. The summed E-state index contributed by atoms with van der Waals surface area (Å²) in [6, 6.07) is 117. The molecule has 0 saturated heterocycles. The van der Waals surface area contributed by atoms with Crippen LogP contribution < -0.4 is 0 Å². The molecular weight excluding hydrogens is 1060 g/mol. The quantitative estimate of drug-likeness (QED) is 0.129. The van der Waals surface area contributed by atoms with Crippen molar-refractivity contribution in [3.05, 3.63) is 355 Å². The number of fused-ring (bicyclic) bond motifs is 8. The zero-order valence-corrected chi connectivity index (χ0v) is 48.9. The second-order valence-corrected chi connectivity index (χ2v) is 24.0. The van der Waals surface area contributed by atoms with Gasteiger partial charge in [0.1, 0.15) is 0 Å². The third-order valence-corrected chi connectivity index (χ3v) is 19.0. The summed E-state index contributed by atoms with van der Waals surface area (Å²) in [6.45, 7) is 2.34. The van der Waals surface area contributed by atoms with Gasteiger partial charge in [-0.1, -0.05) is 262 Å². The van der Waals surface area contributed by atoms with Crippen molar-refractivity contribution in [1.82, 2.24) is 9.13 Å². The number of nitrogens with zero attached hydrogens (tertiary/aromatic N) is 2. The van der Waals surface area contributed by atoms with Crippen molar-refractivity contribution >= 4 is 49.2 Å². The lowest BCUT2D eigenvalue weighted by Gasteiger charge is -2.36. The van der Waals surface area contributed by atoms with E-state index < -0.39 is 5.41 Å². The first-order valence-electron chi connectivity index (χ1n) is 30.8. The highest BCUT2D eigenvalue weighted by molar-refractivity contribution is 6.13. The first-order chi connectivity index (χ1) is 43.5. The van der Waals surface area contributed by atoms with Crippen LogP contribution in [-0.4, -0.2) is 9.13 Å². The molecule has 13 aromatic carbocycles. The highest BCUT2D eigenvalue weighted by atomic mass is 15.0. The number of aromatic nitrogens is 2. The van der Waals surface area contributed by atoms with Gasteiger partial charge in [0.05, 0.1) is 27.5 Å². The van der Waals surface area contributed by atoms with Crippen LogP contribution in [0, 0.1) is 5.92 Å². The fourth-order valence-corrected chi connectivity index (χ4v) is 14.8. The minimum atomic E-state index is -0.505. The summed E-state index contributed by atoms with van der Waals surface area (Å²) in [5.41, 5.74) is 29.2. The molecule has 2 aliphatic carbocycles. The van der Waals surface area contributed by atoms with Crippen molar-refractivity contribution in [3.63, 3.8) is 0 Å². The van der Waals surface area contributed by atoms with Crippen LogP contribution in [0.1, 0.15) is 35.6 Å². The second-order valence-electron chi connectivity index (χ2n) is 24.0. The lowest BCUT2D eigenvalue weighted by Crippen LogP contribution is -2.30. The van der Waals surface area contributed by atoms with Gasteiger partial charge in [0.2, 0.25) is 0 Å². The molecule has 0 amide bonds. The first kappa shape index (κ1) is 51.4. The average molecular weight is 1120 g/mol. The summed E-state index contributed by atoms with van der Waals surface area (Å²) in [6.07, 6.45) is 5.89. The van der Waals surface area contributed by atoms with Crippen LogP contribution in [0.5, 0.6) is 0 Å². The van der Waals surface area contributed by atoms with E-state index in [9.17, 15) is 0 Å². The Kier molecular flexibility index (Phi) is 12.2. The lowest BCUT2D eigenvalue weighted by atomic mass is 9.65. The number of para-hydroxylation sites is 2. The van der Waals surface area contributed by atoms with E-state index in [1.807, 2.05) is 0 Å². The molecule has 2 aromatic heterocycles. The molecule has 0 spiro atoms. The molecule has 0 radical (unpaired) electrons. The zero-order chi connectivity index (χ0) is 58.3. The van der Waals surface area contributed by atoms with Gasteiger partial charge in [0.25, 0.3) is 0 Å². The van der Waals surface area contributed by atoms with E-state index in [2.05, 4.69) is 344 Å². The van der Waals surface area contributed by atoms with Gasteiger partial charge in [-0.05, 0) is 185 Å². The fraction of sp³-hybridized carbons (Fsp3) is 0.0465. The molecule has 15 aromatic rings. The molecule has 2 aliphatic rings. The lowest BCUT2D eigenvalue weighted by molar-refractivity contribution is 0.718. The predicted molar refractivity (Wildman–Crippen MR) is 370 cm³/mol. The van der Waals surface area contributed by atoms with Crippen molar-refractivity contribution in [2.24, 2.45) is 5.92 Å². The Morgan fingerprint density at radius 3 is 1.24 bits per heavy atom. The van der Waals surface area contributed by atoms with E-state index in [0.717, 1.165) is 17.8 Å². The van der Waals surface area contributed by atoms with Crippen molar-refractivity contribution in [3.8, 4) is 78.1 Å². The largest absolute Gasteiger partial charge is 0.309 e. The number of benzene rings is 13. The number of hydrogen-bond acceptors (Lipinski definition) is 0. The summed E-state index contributed by atoms with van der Waals surface area (Å²) >= 11 is 0. The average Bonchev–Trinajstić information content (AvgIpc) is 1.67. The van der Waals surface area contributed by atoms with Crippen molar-refractivity contribution < 1.29 is 0 Å². The standard InChI is InChI=1S/C86H60N2/c1-57-33-48-81-77(51-57)74-27-8-11-30-80(74)86(81,70-24-14-21-65(52-70)63-38-34-60(35-39-63)58-17-4-2-5-18-58)71-25-15-22-66(53-71)64-40-36-61(37-41-64)62-42-46-72(47-43-62)87-82-31-12-9-28-75(82)78-55-68(44-49-84(78)87)69-45-50-85-79(56-69)76-29-10-13-32-83(76)88(85)73-26-16-23-67(54-73)59-19-6-3-7-20-59/h2-50,52-57H,51H2,1H3. The van der Waals surface area contributed by atoms with Crippen LogP contribution in [0.15, 0.2) is 333 Å². The van der Waals surface area contributed by atoms with Gasteiger partial charge in [-0.3, -0.25) is 0 Å². The zero-order valence-electron chi connectivity index (χ0n) is 48.9. The van der Waals surface area contributed by atoms with Gasteiger partial charge in [-0.2, -0.15) is 0 Å². The van der Waals surface area contributed by atoms with E-state index >= 15 is 0 Å². The molecule has 2 nitrogen and oxygen atoms in total. The molecule has 0 saturated carbocycles. The van der Waals surface area contributed by atoms with Gasteiger partial charge < -0.3 is 9.13 Å². The molecule has 414 valence electrons. The van der Waals surface area contributed by atoms with Crippen LogP contribution in [0.3, 0.4) is 0 Å². The molecule has 88 heavy (non-hydrogen) atoms. The van der Waals surface area contributed by atoms with Crippen LogP contribution >= 0.6 is 0 Å². The maximum Gasteiger partial charge on any atom is 0.0710 e. The second kappa shape index (κ2) is 20.9. The minimum absolute atomic E-state index is 0.465. The monoisotopic (exact) mass is 1120 g/mol. The third-order valence-electron chi connectivity index (χ3n) is 19.0. The highest BCUT2D eigenvalue weighted by Crippen LogP contribution is 2.58. The molecule has 0 aliphatic heterocycles. The third kappa shape index (κ3) is 8.39. The van der Waals surface area contributed by atoms with Crippen molar-refractivity contribution in [2.45, 2.75) is 18.8 Å². The smallest absolute Gasteiger partial charge is 0.0710 e. The Morgan fingerprint density at radius 2 is 0.682 bits per heavy atom. The predicted octanol–water partition coefficient (Wildman–Crippen LogP) is 22.6. The van der Waals surface area contributed by atoms with Crippen LogP contribution in [0.2, 0.25) is 0 Å². The van der Waals surface area contributed by atoms with Gasteiger partial charge in [0.15, 0.2) is 0 Å².